The molecule has 0 amide bonds. The van der Waals surface area contributed by atoms with Crippen molar-refractivity contribution in [2.45, 2.75) is 12.4 Å². The Hall–Kier alpha value is -2.95. The number of hydrogen-bond donors (Lipinski definition) is 0. The average Bonchev–Trinajstić information content (AvgIpc) is 2.87. The van der Waals surface area contributed by atoms with Crippen LogP contribution in [0.2, 0.25) is 5.02 Å². The zero-order chi connectivity index (χ0) is 22.9. The van der Waals surface area contributed by atoms with Gasteiger partial charge in [-0.25, -0.2) is 9.59 Å². The fraction of sp³-hybridized carbons (Fsp3) is 0.222. The number of nitrogens with zero attached hydrogens (tertiary/aromatic N) is 1. The number of hydrogen-bond acceptors (Lipinski definition) is 5. The number of halogens is 7. The third-order valence-electron chi connectivity index (χ3n) is 3.83. The molecule has 1 aromatic carbocycles. The highest BCUT2D eigenvalue weighted by atomic mass is 35.5. The van der Waals surface area contributed by atoms with E-state index in [2.05, 4.69) is 9.47 Å². The maximum absolute atomic E-state index is 13.3. The van der Waals surface area contributed by atoms with Gasteiger partial charge in [-0.15, -0.1) is 0 Å². The number of rotatable bonds is 3. The van der Waals surface area contributed by atoms with E-state index < -0.39 is 57.4 Å². The van der Waals surface area contributed by atoms with Gasteiger partial charge >= 0.3 is 24.3 Å². The van der Waals surface area contributed by atoms with Crippen molar-refractivity contribution in [1.29, 1.82) is 0 Å². The number of ether oxygens (including phenoxy) is 2. The maximum Gasteiger partial charge on any atom is 0.417 e. The molecule has 2 rings (SSSR count). The van der Waals surface area contributed by atoms with Crippen molar-refractivity contribution in [3.63, 3.8) is 0 Å². The third kappa shape index (κ3) is 4.61. The summed E-state index contributed by atoms with van der Waals surface area (Å²) in [5.41, 5.74) is -5.45. The summed E-state index contributed by atoms with van der Waals surface area (Å²) in [7, 11) is 1.88. The lowest BCUT2D eigenvalue weighted by molar-refractivity contribution is -0.143. The molecule has 0 radical (unpaired) electrons. The van der Waals surface area contributed by atoms with Gasteiger partial charge in [0.2, 0.25) is 0 Å². The van der Waals surface area contributed by atoms with Crippen molar-refractivity contribution in [2.24, 2.45) is 0 Å². The van der Waals surface area contributed by atoms with Crippen molar-refractivity contribution >= 4 is 29.2 Å². The Morgan fingerprint density at radius 1 is 0.933 bits per heavy atom. The first-order valence-electron chi connectivity index (χ1n) is 7.85. The molecule has 0 atom stereocenters. The molecule has 5 nitrogen and oxygen atoms in total. The third-order valence-corrected chi connectivity index (χ3v) is 4.23. The Morgan fingerprint density at radius 3 is 2.03 bits per heavy atom. The molecule has 0 spiro atoms. The molecule has 0 fully saturated rings. The van der Waals surface area contributed by atoms with Crippen LogP contribution in [0.25, 0.3) is 0 Å². The number of allylic oxidation sites excluding steroid dienone is 2. The van der Waals surface area contributed by atoms with Gasteiger partial charge in [0.15, 0.2) is 0 Å². The van der Waals surface area contributed by atoms with Gasteiger partial charge in [-0.2, -0.15) is 26.3 Å². The van der Waals surface area contributed by atoms with Crippen LogP contribution >= 0.6 is 11.6 Å². The van der Waals surface area contributed by atoms with Crippen LogP contribution in [-0.4, -0.2) is 26.2 Å². The minimum atomic E-state index is -5.23. The predicted octanol–water partition coefficient (Wildman–Crippen LogP) is 4.87. The molecular formula is C18H12ClF6NO4. The largest absolute Gasteiger partial charge is 0.465 e. The van der Waals surface area contributed by atoms with Crippen molar-refractivity contribution in [2.75, 3.05) is 19.1 Å². The number of carbonyl (C=O) groups is 2. The van der Waals surface area contributed by atoms with E-state index in [4.69, 9.17) is 11.6 Å². The summed E-state index contributed by atoms with van der Waals surface area (Å²) in [6, 6.07) is 0.180. The first kappa shape index (κ1) is 23.3. The Bertz CT molecular complexity index is 963. The van der Waals surface area contributed by atoms with Gasteiger partial charge in [-0.1, -0.05) is 17.7 Å². The SMILES string of the molecule is COC(=O)C1=C(C(=O)OC)N(c2cc(C(F)(F)F)cc(C(F)(F)F)c2Cl)C=CC=C1. The van der Waals surface area contributed by atoms with Crippen LogP contribution in [0.5, 0.6) is 0 Å². The minimum absolute atomic E-state index is 0.144. The first-order chi connectivity index (χ1) is 13.8. The lowest BCUT2D eigenvalue weighted by Crippen LogP contribution is -2.28. The normalized spacial score (nSPS) is 14.6. The molecule has 0 bridgehead atoms. The molecule has 1 aliphatic rings. The Balaban J connectivity index is 2.91. The smallest absolute Gasteiger partial charge is 0.417 e. The summed E-state index contributed by atoms with van der Waals surface area (Å²) in [6.07, 6.45) is -5.96. The standard InChI is InChI=1S/C18H12ClF6NO4/c1-29-15(27)10-5-3-4-6-26(14(10)16(28)30-2)12-8-9(17(20,21)22)7-11(13(12)19)18(23,24)25/h3-8H,1-2H3. The van der Waals surface area contributed by atoms with Crippen LogP contribution in [-0.2, 0) is 31.4 Å². The zero-order valence-electron chi connectivity index (χ0n) is 15.2. The van der Waals surface area contributed by atoms with E-state index in [1.807, 2.05) is 0 Å². The lowest BCUT2D eigenvalue weighted by Gasteiger charge is -2.26. The summed E-state index contributed by atoms with van der Waals surface area (Å²) in [5, 5.41) is -1.12. The van der Waals surface area contributed by atoms with Crippen molar-refractivity contribution in [3.05, 3.63) is 64.0 Å². The molecule has 0 N–H and O–H groups in total. The summed E-state index contributed by atoms with van der Waals surface area (Å²) in [5.74, 6) is -2.31. The quantitative estimate of drug-likeness (QED) is 0.481. The summed E-state index contributed by atoms with van der Waals surface area (Å²) >= 11 is 5.80. The molecule has 1 aliphatic heterocycles. The molecule has 0 saturated heterocycles. The number of benzene rings is 1. The van der Waals surface area contributed by atoms with Crippen LogP contribution in [0.3, 0.4) is 0 Å². The molecule has 0 aromatic heterocycles. The average molecular weight is 456 g/mol. The van der Waals surface area contributed by atoms with E-state index >= 15 is 0 Å². The minimum Gasteiger partial charge on any atom is -0.465 e. The van der Waals surface area contributed by atoms with Crippen molar-refractivity contribution in [3.8, 4) is 0 Å². The van der Waals surface area contributed by atoms with Crippen molar-refractivity contribution < 1.29 is 45.4 Å². The van der Waals surface area contributed by atoms with E-state index in [1.165, 1.54) is 12.2 Å². The van der Waals surface area contributed by atoms with Crippen LogP contribution in [0.4, 0.5) is 32.0 Å². The van der Waals surface area contributed by atoms with Crippen LogP contribution in [0, 0.1) is 0 Å². The second kappa shape index (κ2) is 8.42. The predicted molar refractivity (Wildman–Crippen MR) is 93.3 cm³/mol. The molecule has 162 valence electrons. The van der Waals surface area contributed by atoms with E-state index in [0.29, 0.717) is 11.0 Å². The molecule has 30 heavy (non-hydrogen) atoms. The molecular weight excluding hydrogens is 444 g/mol. The second-order valence-electron chi connectivity index (χ2n) is 5.67. The summed E-state index contributed by atoms with van der Waals surface area (Å²) in [6.45, 7) is 0. The highest BCUT2D eigenvalue weighted by Crippen LogP contribution is 2.45. The summed E-state index contributed by atoms with van der Waals surface area (Å²) < 4.78 is 88.9. The Labute approximate surface area is 170 Å². The highest BCUT2D eigenvalue weighted by molar-refractivity contribution is 6.34. The number of anilines is 1. The number of methoxy groups -OCH3 is 2. The summed E-state index contributed by atoms with van der Waals surface area (Å²) in [4.78, 5) is 25.0. The van der Waals surface area contributed by atoms with Gasteiger partial charge in [0.1, 0.15) is 5.70 Å². The van der Waals surface area contributed by atoms with Gasteiger partial charge in [-0.3, -0.25) is 0 Å². The lowest BCUT2D eigenvalue weighted by atomic mass is 10.1. The fourth-order valence-corrected chi connectivity index (χ4v) is 2.81. The molecule has 0 unspecified atom stereocenters. The van der Waals surface area contributed by atoms with Gasteiger partial charge in [0.25, 0.3) is 0 Å². The van der Waals surface area contributed by atoms with Crippen LogP contribution in [0.15, 0.2) is 47.8 Å². The van der Waals surface area contributed by atoms with Gasteiger partial charge in [-0.05, 0) is 24.3 Å². The Kier molecular flexibility index (Phi) is 6.55. The van der Waals surface area contributed by atoms with E-state index in [-0.39, 0.29) is 6.07 Å². The molecule has 12 heteroatoms. The number of carbonyl (C=O) groups excluding carboxylic acids is 2. The maximum atomic E-state index is 13.3. The Morgan fingerprint density at radius 2 is 1.53 bits per heavy atom. The molecule has 1 heterocycles. The van der Waals surface area contributed by atoms with E-state index in [9.17, 15) is 35.9 Å². The van der Waals surface area contributed by atoms with Gasteiger partial charge < -0.3 is 14.4 Å². The van der Waals surface area contributed by atoms with E-state index in [1.54, 1.807) is 0 Å². The second-order valence-corrected chi connectivity index (χ2v) is 6.05. The topological polar surface area (TPSA) is 55.8 Å². The molecule has 0 aliphatic carbocycles. The monoisotopic (exact) mass is 455 g/mol. The van der Waals surface area contributed by atoms with Gasteiger partial charge in [0.05, 0.1) is 41.6 Å². The van der Waals surface area contributed by atoms with Gasteiger partial charge in [0, 0.05) is 6.20 Å². The first-order valence-corrected chi connectivity index (χ1v) is 8.23. The van der Waals surface area contributed by atoms with E-state index in [0.717, 1.165) is 26.5 Å². The zero-order valence-corrected chi connectivity index (χ0v) is 15.9. The van der Waals surface area contributed by atoms with Crippen LogP contribution < -0.4 is 4.90 Å². The van der Waals surface area contributed by atoms with Crippen LogP contribution in [0.1, 0.15) is 11.1 Å². The van der Waals surface area contributed by atoms with Crippen molar-refractivity contribution in [1.82, 2.24) is 0 Å². The number of alkyl halides is 6. The molecule has 0 saturated carbocycles. The highest BCUT2D eigenvalue weighted by Gasteiger charge is 2.41. The number of esters is 2. The fourth-order valence-electron chi connectivity index (χ4n) is 2.51. The molecule has 1 aromatic rings.